The van der Waals surface area contributed by atoms with Crippen LogP contribution < -0.4 is 5.32 Å². The molecule has 0 aliphatic carbocycles. The van der Waals surface area contributed by atoms with E-state index in [0.29, 0.717) is 0 Å². The number of carbonyl (C=O) groups excluding carboxylic acids is 1. The Hall–Kier alpha value is -2.35. The van der Waals surface area contributed by atoms with Crippen LogP contribution in [0.15, 0.2) is 12.1 Å². The van der Waals surface area contributed by atoms with Crippen molar-refractivity contribution < 1.29 is 25.0 Å². The van der Waals surface area contributed by atoms with Gasteiger partial charge in [0, 0.05) is 12.1 Å². The summed E-state index contributed by atoms with van der Waals surface area (Å²) in [5, 5.41) is 39.9. The van der Waals surface area contributed by atoms with Crippen molar-refractivity contribution in [3.63, 3.8) is 0 Å². The van der Waals surface area contributed by atoms with Crippen molar-refractivity contribution in [1.82, 2.24) is 5.32 Å². The minimum Gasteiger partial charge on any atom is -0.504 e. The Morgan fingerprint density at radius 1 is 1.33 bits per heavy atom. The largest absolute Gasteiger partial charge is 0.504 e. The molecule has 0 aliphatic heterocycles. The minimum absolute atomic E-state index is 0.0739. The normalized spacial score (nSPS) is 10.1. The van der Waals surface area contributed by atoms with Crippen molar-refractivity contribution in [2.45, 2.75) is 6.42 Å². The molecule has 8 nitrogen and oxygen atoms in total. The van der Waals surface area contributed by atoms with Crippen molar-refractivity contribution in [2.75, 3.05) is 13.2 Å². The molecule has 0 radical (unpaired) electrons. The number of aliphatic hydroxyl groups is 1. The molecule has 1 aromatic rings. The van der Waals surface area contributed by atoms with Crippen LogP contribution in [0.1, 0.15) is 5.56 Å². The van der Waals surface area contributed by atoms with Gasteiger partial charge in [-0.15, -0.1) is 0 Å². The van der Waals surface area contributed by atoms with Gasteiger partial charge in [0.05, 0.1) is 11.0 Å². The van der Waals surface area contributed by atoms with E-state index < -0.39 is 28.9 Å². The van der Waals surface area contributed by atoms with E-state index in [4.69, 9.17) is 10.2 Å². The lowest BCUT2D eigenvalue weighted by Crippen LogP contribution is -2.28. The quantitative estimate of drug-likeness (QED) is 0.323. The zero-order valence-corrected chi connectivity index (χ0v) is 9.29. The maximum absolute atomic E-state index is 10.8. The number of nitrogens with one attached hydrogen (secondary N) is 1. The highest BCUT2D eigenvalue weighted by molar-refractivity contribution is 5.76. The zero-order valence-electron chi connectivity index (χ0n) is 9.29. The maximum atomic E-state index is 10.8. The van der Waals surface area contributed by atoms with Crippen molar-refractivity contribution >= 4 is 11.6 Å². The average molecular weight is 256 g/mol. The Morgan fingerprint density at radius 3 is 2.50 bits per heavy atom. The van der Waals surface area contributed by atoms with E-state index in [9.17, 15) is 20.0 Å². The second-order valence-electron chi connectivity index (χ2n) is 3.48. The number of nitro groups is 1. The number of phenolic OH excluding ortho intramolecular Hbond substituents is 2. The van der Waals surface area contributed by atoms with Gasteiger partial charge in [-0.1, -0.05) is 0 Å². The highest BCUT2D eigenvalue weighted by Gasteiger charge is 2.17. The van der Waals surface area contributed by atoms with Crippen LogP contribution in [-0.2, 0) is 11.2 Å². The highest BCUT2D eigenvalue weighted by atomic mass is 16.6. The van der Waals surface area contributed by atoms with E-state index in [1.54, 1.807) is 0 Å². The first kappa shape index (κ1) is 13.7. The summed E-state index contributed by atoms with van der Waals surface area (Å²) in [5.41, 5.74) is -0.169. The lowest BCUT2D eigenvalue weighted by Gasteiger charge is -2.06. The monoisotopic (exact) mass is 256 g/mol. The molecule has 4 N–H and O–H groups in total. The first-order valence-corrected chi connectivity index (χ1v) is 5.02. The number of carbonyl (C=O) groups is 1. The fraction of sp³-hybridized carbons (Fsp3) is 0.300. The first-order chi connectivity index (χ1) is 8.45. The van der Waals surface area contributed by atoms with Crippen LogP contribution in [0, 0.1) is 10.1 Å². The van der Waals surface area contributed by atoms with Gasteiger partial charge in [-0.2, -0.15) is 0 Å². The number of aromatic hydroxyl groups is 2. The molecule has 1 aromatic carbocycles. The number of amides is 1. The van der Waals surface area contributed by atoms with Crippen molar-refractivity contribution in [3.05, 3.63) is 27.8 Å². The van der Waals surface area contributed by atoms with Gasteiger partial charge >= 0.3 is 0 Å². The topological polar surface area (TPSA) is 133 Å². The summed E-state index contributed by atoms with van der Waals surface area (Å²) in [5.74, 6) is -1.64. The lowest BCUT2D eigenvalue weighted by molar-refractivity contribution is -0.385. The van der Waals surface area contributed by atoms with Crippen LogP contribution in [0.5, 0.6) is 11.5 Å². The van der Waals surface area contributed by atoms with Crippen LogP contribution in [0.4, 0.5) is 5.69 Å². The van der Waals surface area contributed by atoms with E-state index in [1.807, 2.05) is 0 Å². The van der Waals surface area contributed by atoms with Gasteiger partial charge in [0.25, 0.3) is 5.69 Å². The molecule has 0 aliphatic rings. The van der Waals surface area contributed by atoms with Crippen LogP contribution in [-0.4, -0.2) is 39.3 Å². The van der Waals surface area contributed by atoms with Crippen LogP contribution in [0.2, 0.25) is 0 Å². The third-order valence-electron chi connectivity index (χ3n) is 2.23. The highest BCUT2D eigenvalue weighted by Crippen LogP contribution is 2.32. The van der Waals surface area contributed by atoms with Gasteiger partial charge in [0.2, 0.25) is 5.91 Å². The molecule has 0 heterocycles. The third kappa shape index (κ3) is 3.32. The number of phenols is 2. The van der Waals surface area contributed by atoms with Crippen LogP contribution >= 0.6 is 0 Å². The van der Waals surface area contributed by atoms with Gasteiger partial charge in [0.15, 0.2) is 11.5 Å². The molecule has 0 unspecified atom stereocenters. The van der Waals surface area contributed by atoms with E-state index in [-0.39, 0.29) is 24.2 Å². The van der Waals surface area contributed by atoms with Crippen LogP contribution in [0.25, 0.3) is 0 Å². The number of hydrogen-bond donors (Lipinski definition) is 4. The fourth-order valence-electron chi connectivity index (χ4n) is 1.37. The molecule has 0 fully saturated rings. The summed E-state index contributed by atoms with van der Waals surface area (Å²) >= 11 is 0. The summed E-state index contributed by atoms with van der Waals surface area (Å²) in [4.78, 5) is 20.8. The Kier molecular flexibility index (Phi) is 4.44. The molecule has 0 bridgehead atoms. The summed E-state index contributed by atoms with van der Waals surface area (Å²) in [6.45, 7) is -0.590. The number of nitrogens with zero attached hydrogens (tertiary/aromatic N) is 1. The molecule has 0 spiro atoms. The Labute approximate surface area is 102 Å². The van der Waals surface area contributed by atoms with E-state index in [1.165, 1.54) is 0 Å². The molecule has 0 saturated carbocycles. The molecule has 0 atom stereocenters. The summed E-state index contributed by atoms with van der Waals surface area (Å²) < 4.78 is 0. The minimum atomic E-state index is -0.692. The van der Waals surface area contributed by atoms with Crippen molar-refractivity contribution in [1.29, 1.82) is 0 Å². The number of rotatable bonds is 5. The first-order valence-electron chi connectivity index (χ1n) is 5.02. The van der Waals surface area contributed by atoms with Crippen molar-refractivity contribution in [3.8, 4) is 11.5 Å². The summed E-state index contributed by atoms with van der Waals surface area (Å²) in [6, 6.07) is 1.91. The lowest BCUT2D eigenvalue weighted by atomic mass is 10.1. The number of hydrogen-bond acceptors (Lipinski definition) is 6. The van der Waals surface area contributed by atoms with E-state index >= 15 is 0 Å². The Morgan fingerprint density at radius 2 is 1.94 bits per heavy atom. The zero-order chi connectivity index (χ0) is 13.7. The van der Waals surface area contributed by atoms with Crippen molar-refractivity contribution in [2.24, 2.45) is 0 Å². The van der Waals surface area contributed by atoms with Gasteiger partial charge in [-0.05, 0) is 12.5 Å². The molecular weight excluding hydrogens is 244 g/mol. The van der Waals surface area contributed by atoms with Gasteiger partial charge < -0.3 is 20.6 Å². The molecular formula is C10H12N2O6. The average Bonchev–Trinajstić information content (AvgIpc) is 2.32. The third-order valence-corrected chi connectivity index (χ3v) is 2.23. The molecule has 0 aromatic heterocycles. The molecule has 18 heavy (non-hydrogen) atoms. The van der Waals surface area contributed by atoms with Gasteiger partial charge in [-0.25, -0.2) is 0 Å². The molecule has 1 rings (SSSR count). The summed E-state index contributed by atoms with van der Waals surface area (Å²) in [6.07, 6.45) is 0.0931. The molecule has 0 saturated heterocycles. The Balaban J connectivity index is 2.83. The maximum Gasteiger partial charge on any atom is 0.276 e. The van der Waals surface area contributed by atoms with Crippen LogP contribution in [0.3, 0.4) is 0 Å². The second-order valence-corrected chi connectivity index (χ2v) is 3.48. The molecule has 8 heteroatoms. The molecule has 1 amide bonds. The number of aliphatic hydroxyl groups excluding tert-OH is 1. The summed E-state index contributed by atoms with van der Waals surface area (Å²) in [7, 11) is 0. The SMILES string of the molecule is O=C(CO)NCCc1cc(O)c(O)cc1[N+](=O)[O-]. The van der Waals surface area contributed by atoms with E-state index in [2.05, 4.69) is 5.32 Å². The number of nitro benzene ring substituents is 1. The second kappa shape index (κ2) is 5.82. The predicted octanol–water partition coefficient (Wildman–Crippen LogP) is -0.343. The number of benzene rings is 1. The molecule has 98 valence electrons. The van der Waals surface area contributed by atoms with Gasteiger partial charge in [-0.3, -0.25) is 14.9 Å². The smallest absolute Gasteiger partial charge is 0.276 e. The fourth-order valence-corrected chi connectivity index (χ4v) is 1.37. The Bertz CT molecular complexity index is 474. The van der Waals surface area contributed by atoms with Gasteiger partial charge in [0.1, 0.15) is 6.61 Å². The van der Waals surface area contributed by atoms with E-state index in [0.717, 1.165) is 12.1 Å². The standard InChI is InChI=1S/C10H12N2O6/c13-5-10(16)11-2-1-6-3-8(14)9(15)4-7(6)12(17)18/h3-4,13-15H,1-2,5H2,(H,11,16). The predicted molar refractivity (Wildman–Crippen MR) is 60.2 cm³/mol.